The molecule has 2 heterocycles. The van der Waals surface area contributed by atoms with Crippen LogP contribution in [0.5, 0.6) is 0 Å². The lowest BCUT2D eigenvalue weighted by Crippen LogP contribution is -2.46. The molecule has 2 aliphatic rings. The Morgan fingerprint density at radius 3 is 2.39 bits per heavy atom. The van der Waals surface area contributed by atoms with E-state index in [0.717, 1.165) is 6.42 Å². The molecule has 1 unspecified atom stereocenters. The van der Waals surface area contributed by atoms with E-state index in [4.69, 9.17) is 9.47 Å². The Labute approximate surface area is 136 Å². The van der Waals surface area contributed by atoms with Crippen LogP contribution >= 0.6 is 0 Å². The Morgan fingerprint density at radius 1 is 1.13 bits per heavy atom. The number of hydrogen-bond donors (Lipinski definition) is 0. The highest BCUT2D eigenvalue weighted by Crippen LogP contribution is 2.22. The van der Waals surface area contributed by atoms with Crippen molar-refractivity contribution in [3.63, 3.8) is 0 Å². The van der Waals surface area contributed by atoms with Crippen molar-refractivity contribution in [2.45, 2.75) is 51.7 Å². The number of amides is 2. The third-order valence-corrected chi connectivity index (χ3v) is 3.94. The highest BCUT2D eigenvalue weighted by Gasteiger charge is 2.37. The minimum Gasteiger partial charge on any atom is -0.444 e. The second-order valence-corrected chi connectivity index (χ2v) is 6.97. The smallest absolute Gasteiger partial charge is 0.410 e. The number of nitrogens with zero attached hydrogens (tertiary/aromatic N) is 2. The average molecular weight is 326 g/mol. The lowest BCUT2D eigenvalue weighted by atomic mass is 10.1. The number of carbonyl (C=O) groups excluding carboxylic acids is 3. The zero-order valence-corrected chi connectivity index (χ0v) is 14.2. The normalized spacial score (nSPS) is 22.1. The van der Waals surface area contributed by atoms with Crippen LogP contribution < -0.4 is 0 Å². The van der Waals surface area contributed by atoms with Crippen LogP contribution in [-0.2, 0) is 19.1 Å². The predicted octanol–water partition coefficient (Wildman–Crippen LogP) is 1.20. The molecule has 7 nitrogen and oxygen atoms in total. The second-order valence-electron chi connectivity index (χ2n) is 6.97. The van der Waals surface area contributed by atoms with Crippen molar-refractivity contribution in [1.82, 2.24) is 9.80 Å². The first-order valence-electron chi connectivity index (χ1n) is 8.16. The third kappa shape index (κ3) is 4.92. The molecule has 1 atom stereocenters. The van der Waals surface area contributed by atoms with Crippen LogP contribution in [0.3, 0.4) is 0 Å². The van der Waals surface area contributed by atoms with E-state index < -0.39 is 17.7 Å². The highest BCUT2D eigenvalue weighted by atomic mass is 16.6. The molecule has 0 aromatic rings. The molecule has 0 aromatic heterocycles. The molecule has 23 heavy (non-hydrogen) atoms. The summed E-state index contributed by atoms with van der Waals surface area (Å²) in [6, 6.07) is -0.546. The van der Waals surface area contributed by atoms with Gasteiger partial charge >= 0.3 is 6.09 Å². The number of ketones is 1. The van der Waals surface area contributed by atoms with E-state index in [9.17, 15) is 14.4 Å². The zero-order valence-electron chi connectivity index (χ0n) is 14.2. The van der Waals surface area contributed by atoms with Crippen molar-refractivity contribution < 1.29 is 23.9 Å². The van der Waals surface area contributed by atoms with Crippen molar-refractivity contribution in [2.75, 3.05) is 32.8 Å². The van der Waals surface area contributed by atoms with Gasteiger partial charge in [0.25, 0.3) is 0 Å². The first-order valence-corrected chi connectivity index (χ1v) is 8.16. The molecular formula is C16H26N2O5. The Morgan fingerprint density at radius 2 is 1.78 bits per heavy atom. The van der Waals surface area contributed by atoms with Gasteiger partial charge in [0, 0.05) is 19.6 Å². The maximum atomic E-state index is 12.5. The van der Waals surface area contributed by atoms with Gasteiger partial charge in [-0.15, -0.1) is 0 Å². The molecule has 2 amide bonds. The molecule has 0 aromatic carbocycles. The summed E-state index contributed by atoms with van der Waals surface area (Å²) >= 11 is 0. The van der Waals surface area contributed by atoms with E-state index in [1.54, 1.807) is 25.7 Å². The third-order valence-electron chi connectivity index (χ3n) is 3.94. The van der Waals surface area contributed by atoms with E-state index in [1.807, 2.05) is 0 Å². The van der Waals surface area contributed by atoms with Crippen molar-refractivity contribution in [1.29, 1.82) is 0 Å². The largest absolute Gasteiger partial charge is 0.444 e. The van der Waals surface area contributed by atoms with Crippen molar-refractivity contribution in [3.05, 3.63) is 0 Å². The summed E-state index contributed by atoms with van der Waals surface area (Å²) in [5.41, 5.74) is -0.600. The first kappa shape index (κ1) is 17.7. The number of rotatable bonds is 3. The second kappa shape index (κ2) is 7.29. The summed E-state index contributed by atoms with van der Waals surface area (Å²) in [5.74, 6) is -0.390. The van der Waals surface area contributed by atoms with Crippen LogP contribution in [0.1, 0.15) is 40.0 Å². The molecule has 0 N–H and O–H groups in total. The van der Waals surface area contributed by atoms with Gasteiger partial charge < -0.3 is 14.4 Å². The van der Waals surface area contributed by atoms with E-state index in [2.05, 4.69) is 0 Å². The fraction of sp³-hybridized carbons (Fsp3) is 0.812. The number of morpholine rings is 1. The standard InChI is InChI=1S/C16H26N2O5/c1-16(2,3)23-15(21)18-6-4-5-12(18)13(19)11-14(20)17-7-9-22-10-8-17/h12H,4-11H2,1-3H3. The number of carbonyl (C=O) groups is 3. The summed E-state index contributed by atoms with van der Waals surface area (Å²) in [7, 11) is 0. The molecule has 0 spiro atoms. The van der Waals surface area contributed by atoms with Crippen molar-refractivity contribution in [3.8, 4) is 0 Å². The lowest BCUT2D eigenvalue weighted by molar-refractivity contribution is -0.139. The summed E-state index contributed by atoms with van der Waals surface area (Å²) < 4.78 is 10.5. The fourth-order valence-corrected chi connectivity index (χ4v) is 2.83. The number of Topliss-reactive ketones (excluding diaryl/α,β-unsaturated/α-hetero) is 1. The molecule has 0 saturated carbocycles. The van der Waals surface area contributed by atoms with Crippen LogP contribution in [0.25, 0.3) is 0 Å². The molecule has 2 rings (SSSR count). The maximum absolute atomic E-state index is 12.5. The summed E-state index contributed by atoms with van der Waals surface area (Å²) in [4.78, 5) is 39.9. The molecule has 7 heteroatoms. The van der Waals surface area contributed by atoms with Crippen LogP contribution in [0, 0.1) is 0 Å². The highest BCUT2D eigenvalue weighted by molar-refractivity contribution is 6.01. The molecule has 0 bridgehead atoms. The Kier molecular flexibility index (Phi) is 5.62. The van der Waals surface area contributed by atoms with Crippen molar-refractivity contribution >= 4 is 17.8 Å². The lowest BCUT2D eigenvalue weighted by Gasteiger charge is -2.29. The monoisotopic (exact) mass is 326 g/mol. The van der Waals surface area contributed by atoms with Crippen LogP contribution in [0.2, 0.25) is 0 Å². The minimum absolute atomic E-state index is 0.163. The molecule has 130 valence electrons. The van der Waals surface area contributed by atoms with Gasteiger partial charge in [-0.2, -0.15) is 0 Å². The van der Waals surface area contributed by atoms with Crippen molar-refractivity contribution in [2.24, 2.45) is 0 Å². The van der Waals surface area contributed by atoms with E-state index in [0.29, 0.717) is 39.3 Å². The Hall–Kier alpha value is -1.63. The SMILES string of the molecule is CC(C)(C)OC(=O)N1CCCC1C(=O)CC(=O)N1CCOCC1. The van der Waals surface area contributed by atoms with Gasteiger partial charge in [0.05, 0.1) is 25.7 Å². The Balaban J connectivity index is 1.92. The van der Waals surface area contributed by atoms with Crippen LogP contribution in [0.4, 0.5) is 4.79 Å². The van der Waals surface area contributed by atoms with Gasteiger partial charge in [0.2, 0.25) is 5.91 Å². The number of ether oxygens (including phenoxy) is 2. The molecule has 2 fully saturated rings. The van der Waals surface area contributed by atoms with Gasteiger partial charge in [-0.1, -0.05) is 0 Å². The van der Waals surface area contributed by atoms with Crippen LogP contribution in [0.15, 0.2) is 0 Å². The molecular weight excluding hydrogens is 300 g/mol. The summed E-state index contributed by atoms with van der Waals surface area (Å²) in [6.45, 7) is 7.93. The quantitative estimate of drug-likeness (QED) is 0.729. The van der Waals surface area contributed by atoms with Crippen LogP contribution in [-0.4, -0.2) is 72.1 Å². The van der Waals surface area contributed by atoms with Gasteiger partial charge in [0.1, 0.15) is 5.60 Å². The van der Waals surface area contributed by atoms with E-state index >= 15 is 0 Å². The number of hydrogen-bond acceptors (Lipinski definition) is 5. The Bertz CT molecular complexity index is 466. The zero-order chi connectivity index (χ0) is 17.0. The van der Waals surface area contributed by atoms with E-state index in [-0.39, 0.29) is 18.1 Å². The summed E-state index contributed by atoms with van der Waals surface area (Å²) in [6.07, 6.45) is 0.701. The predicted molar refractivity (Wildman–Crippen MR) is 83.0 cm³/mol. The van der Waals surface area contributed by atoms with Gasteiger partial charge in [0.15, 0.2) is 5.78 Å². The summed E-state index contributed by atoms with van der Waals surface area (Å²) in [5, 5.41) is 0. The average Bonchev–Trinajstić information content (AvgIpc) is 2.96. The molecule has 2 aliphatic heterocycles. The van der Waals surface area contributed by atoms with Gasteiger partial charge in [-0.25, -0.2) is 4.79 Å². The molecule has 0 radical (unpaired) electrons. The number of likely N-dealkylation sites (tertiary alicyclic amines) is 1. The van der Waals surface area contributed by atoms with Gasteiger partial charge in [-0.05, 0) is 33.6 Å². The topological polar surface area (TPSA) is 76.2 Å². The first-order chi connectivity index (χ1) is 10.8. The minimum atomic E-state index is -0.600. The maximum Gasteiger partial charge on any atom is 0.410 e. The van der Waals surface area contributed by atoms with Gasteiger partial charge in [-0.3, -0.25) is 14.5 Å². The molecule has 2 saturated heterocycles. The fourth-order valence-electron chi connectivity index (χ4n) is 2.83. The molecule has 0 aliphatic carbocycles. The van der Waals surface area contributed by atoms with E-state index in [1.165, 1.54) is 4.90 Å².